The predicted molar refractivity (Wildman–Crippen MR) is 80.3 cm³/mol. The molecule has 1 aromatic heterocycles. The van der Waals surface area contributed by atoms with Crippen molar-refractivity contribution in [3.05, 3.63) is 35.7 Å². The van der Waals surface area contributed by atoms with Gasteiger partial charge in [-0.05, 0) is 18.6 Å². The number of nitrogens with zero attached hydrogens (tertiary/aromatic N) is 2. The molecule has 1 saturated heterocycles. The number of rotatable bonds is 4. The highest BCUT2D eigenvalue weighted by atomic mass is 19.4. The number of piperidine rings is 1. The number of carbonyl (C=O) groups excluding carboxylic acids is 2. The molecule has 26 heavy (non-hydrogen) atoms. The van der Waals surface area contributed by atoms with Gasteiger partial charge in [0.1, 0.15) is 0 Å². The lowest BCUT2D eigenvalue weighted by Gasteiger charge is -2.20. The molecule has 2 aromatic rings. The number of aromatic nitrogens is 2. The van der Waals surface area contributed by atoms with E-state index in [1.54, 1.807) is 0 Å². The SMILES string of the molecule is O=C1CCC(C(=O)OCc2nc(-c3ccc(C(F)(F)F)cc3)no2)CN1. The summed E-state index contributed by atoms with van der Waals surface area (Å²) >= 11 is 0. The molecule has 2 heterocycles. The Morgan fingerprint density at radius 2 is 2.04 bits per heavy atom. The van der Waals surface area contributed by atoms with Gasteiger partial charge in [0.15, 0.2) is 6.61 Å². The lowest BCUT2D eigenvalue weighted by atomic mass is 10.00. The number of halogens is 3. The van der Waals surface area contributed by atoms with Gasteiger partial charge in [0, 0.05) is 18.5 Å². The summed E-state index contributed by atoms with van der Waals surface area (Å²) < 4.78 is 47.7. The zero-order valence-electron chi connectivity index (χ0n) is 13.4. The first-order valence-corrected chi connectivity index (χ1v) is 7.76. The van der Waals surface area contributed by atoms with E-state index in [0.717, 1.165) is 12.1 Å². The molecule has 1 atom stereocenters. The molecule has 0 spiro atoms. The Morgan fingerprint density at radius 3 is 2.65 bits per heavy atom. The molecule has 0 saturated carbocycles. The normalized spacial score (nSPS) is 17.7. The van der Waals surface area contributed by atoms with Crippen molar-refractivity contribution in [2.24, 2.45) is 5.92 Å². The van der Waals surface area contributed by atoms with Crippen LogP contribution < -0.4 is 5.32 Å². The molecule has 1 unspecified atom stereocenters. The molecule has 3 rings (SSSR count). The number of nitrogens with one attached hydrogen (secondary N) is 1. The molecule has 10 heteroatoms. The number of ether oxygens (including phenoxy) is 1. The van der Waals surface area contributed by atoms with Gasteiger partial charge in [0.25, 0.3) is 5.89 Å². The van der Waals surface area contributed by atoms with Crippen LogP contribution in [0.15, 0.2) is 28.8 Å². The van der Waals surface area contributed by atoms with Crippen LogP contribution in [0.2, 0.25) is 0 Å². The van der Waals surface area contributed by atoms with Gasteiger partial charge in [-0.1, -0.05) is 17.3 Å². The van der Waals surface area contributed by atoms with Crippen molar-refractivity contribution in [3.8, 4) is 11.4 Å². The Hall–Kier alpha value is -2.91. The highest BCUT2D eigenvalue weighted by molar-refractivity contribution is 5.80. The molecule has 1 fully saturated rings. The average Bonchev–Trinajstić information content (AvgIpc) is 3.09. The third kappa shape index (κ3) is 4.19. The minimum Gasteiger partial charge on any atom is -0.455 e. The zero-order valence-corrected chi connectivity index (χ0v) is 13.4. The monoisotopic (exact) mass is 369 g/mol. The third-order valence-electron chi connectivity index (χ3n) is 3.88. The summed E-state index contributed by atoms with van der Waals surface area (Å²) in [4.78, 5) is 27.0. The van der Waals surface area contributed by atoms with Crippen LogP contribution in [0.4, 0.5) is 13.2 Å². The van der Waals surface area contributed by atoms with E-state index in [-0.39, 0.29) is 37.2 Å². The number of benzene rings is 1. The van der Waals surface area contributed by atoms with Crippen molar-refractivity contribution in [3.63, 3.8) is 0 Å². The fourth-order valence-electron chi connectivity index (χ4n) is 2.42. The van der Waals surface area contributed by atoms with Gasteiger partial charge in [-0.3, -0.25) is 9.59 Å². The Labute approximate surface area is 145 Å². The number of amides is 1. The van der Waals surface area contributed by atoms with Crippen LogP contribution in [-0.2, 0) is 27.1 Å². The Kier molecular flexibility index (Phi) is 4.92. The molecule has 1 aromatic carbocycles. The highest BCUT2D eigenvalue weighted by Crippen LogP contribution is 2.30. The molecular weight excluding hydrogens is 355 g/mol. The maximum atomic E-state index is 12.6. The molecule has 0 radical (unpaired) electrons. The van der Waals surface area contributed by atoms with Crippen molar-refractivity contribution in [2.45, 2.75) is 25.6 Å². The first-order valence-electron chi connectivity index (χ1n) is 7.76. The second kappa shape index (κ2) is 7.14. The Balaban J connectivity index is 1.58. The topological polar surface area (TPSA) is 94.3 Å². The molecule has 1 aliphatic rings. The molecule has 1 N–H and O–H groups in total. The quantitative estimate of drug-likeness (QED) is 0.832. The van der Waals surface area contributed by atoms with Crippen LogP contribution in [0.3, 0.4) is 0 Å². The maximum Gasteiger partial charge on any atom is 0.416 e. The fourth-order valence-corrected chi connectivity index (χ4v) is 2.42. The Bertz CT molecular complexity index is 792. The van der Waals surface area contributed by atoms with Crippen molar-refractivity contribution in [1.82, 2.24) is 15.5 Å². The van der Waals surface area contributed by atoms with Crippen LogP contribution in [-0.4, -0.2) is 28.6 Å². The lowest BCUT2D eigenvalue weighted by Crippen LogP contribution is -2.39. The maximum absolute atomic E-state index is 12.6. The van der Waals surface area contributed by atoms with E-state index in [1.807, 2.05) is 0 Å². The molecule has 1 amide bonds. The summed E-state index contributed by atoms with van der Waals surface area (Å²) in [6.07, 6.45) is -3.75. The van der Waals surface area contributed by atoms with Crippen LogP contribution >= 0.6 is 0 Å². The number of hydrogen-bond donors (Lipinski definition) is 1. The fraction of sp³-hybridized carbons (Fsp3) is 0.375. The van der Waals surface area contributed by atoms with E-state index in [4.69, 9.17) is 9.26 Å². The van der Waals surface area contributed by atoms with Crippen LogP contribution in [0, 0.1) is 5.92 Å². The van der Waals surface area contributed by atoms with Crippen LogP contribution in [0.1, 0.15) is 24.3 Å². The second-order valence-corrected chi connectivity index (χ2v) is 5.73. The van der Waals surface area contributed by atoms with Crippen molar-refractivity contribution >= 4 is 11.9 Å². The van der Waals surface area contributed by atoms with Crippen LogP contribution in [0.5, 0.6) is 0 Å². The van der Waals surface area contributed by atoms with Gasteiger partial charge in [-0.25, -0.2) is 0 Å². The number of esters is 1. The highest BCUT2D eigenvalue weighted by Gasteiger charge is 2.30. The number of carbonyl (C=O) groups is 2. The molecule has 0 aliphatic carbocycles. The third-order valence-corrected chi connectivity index (χ3v) is 3.88. The summed E-state index contributed by atoms with van der Waals surface area (Å²) in [5.41, 5.74) is -0.437. The minimum absolute atomic E-state index is 0.0214. The van der Waals surface area contributed by atoms with E-state index < -0.39 is 23.6 Å². The summed E-state index contributed by atoms with van der Waals surface area (Å²) in [6, 6.07) is 4.30. The molecular formula is C16H14F3N3O4. The summed E-state index contributed by atoms with van der Waals surface area (Å²) in [7, 11) is 0. The van der Waals surface area contributed by atoms with Gasteiger partial charge < -0.3 is 14.6 Å². The van der Waals surface area contributed by atoms with Gasteiger partial charge in [-0.2, -0.15) is 18.2 Å². The van der Waals surface area contributed by atoms with E-state index in [1.165, 1.54) is 12.1 Å². The van der Waals surface area contributed by atoms with E-state index >= 15 is 0 Å². The average molecular weight is 369 g/mol. The van der Waals surface area contributed by atoms with Gasteiger partial charge in [-0.15, -0.1) is 0 Å². The largest absolute Gasteiger partial charge is 0.455 e. The second-order valence-electron chi connectivity index (χ2n) is 5.73. The van der Waals surface area contributed by atoms with Crippen molar-refractivity contribution in [1.29, 1.82) is 0 Å². The molecule has 7 nitrogen and oxygen atoms in total. The number of alkyl halides is 3. The summed E-state index contributed by atoms with van der Waals surface area (Å²) in [5.74, 6) is -0.904. The van der Waals surface area contributed by atoms with Gasteiger partial charge in [0.2, 0.25) is 11.7 Å². The smallest absolute Gasteiger partial charge is 0.416 e. The summed E-state index contributed by atoms with van der Waals surface area (Å²) in [5, 5.41) is 6.24. The standard InChI is InChI=1S/C16H14F3N3O4/c17-16(18,19)11-4-1-9(2-5-11)14-21-13(26-22-14)8-25-15(24)10-3-6-12(23)20-7-10/h1-2,4-5,10H,3,6-8H2,(H,20,23). The van der Waals surface area contributed by atoms with E-state index in [9.17, 15) is 22.8 Å². The summed E-state index contributed by atoms with van der Waals surface area (Å²) in [6.45, 7) is -0.0325. The zero-order chi connectivity index (χ0) is 18.7. The van der Waals surface area contributed by atoms with Crippen molar-refractivity contribution in [2.75, 3.05) is 6.54 Å². The van der Waals surface area contributed by atoms with Gasteiger partial charge in [0.05, 0.1) is 11.5 Å². The predicted octanol–water partition coefficient (Wildman–Crippen LogP) is 2.32. The Morgan fingerprint density at radius 1 is 1.31 bits per heavy atom. The molecule has 1 aliphatic heterocycles. The van der Waals surface area contributed by atoms with Crippen molar-refractivity contribution < 1.29 is 32.0 Å². The van der Waals surface area contributed by atoms with Crippen LogP contribution in [0.25, 0.3) is 11.4 Å². The molecule has 138 valence electrons. The van der Waals surface area contributed by atoms with E-state index in [2.05, 4.69) is 15.5 Å². The van der Waals surface area contributed by atoms with Gasteiger partial charge >= 0.3 is 12.1 Å². The minimum atomic E-state index is -4.42. The lowest BCUT2D eigenvalue weighted by molar-refractivity contribution is -0.151. The first-order chi connectivity index (χ1) is 12.3. The first kappa shape index (κ1) is 17.9. The number of hydrogen-bond acceptors (Lipinski definition) is 6. The molecule has 0 bridgehead atoms. The van der Waals surface area contributed by atoms with E-state index in [0.29, 0.717) is 12.0 Å².